The van der Waals surface area contributed by atoms with Gasteiger partial charge in [-0.1, -0.05) is 0 Å². The molecule has 9 heteroatoms. The maximum Gasteiger partial charge on any atom is 0.242 e. The summed E-state index contributed by atoms with van der Waals surface area (Å²) < 4.78 is 31.8. The number of hydrogen-bond donors (Lipinski definition) is 2. The lowest BCUT2D eigenvalue weighted by molar-refractivity contribution is -0.121. The van der Waals surface area contributed by atoms with Gasteiger partial charge in [-0.3, -0.25) is 9.69 Å². The van der Waals surface area contributed by atoms with E-state index >= 15 is 0 Å². The molecule has 0 saturated carbocycles. The highest BCUT2D eigenvalue weighted by Crippen LogP contribution is 2.23. The van der Waals surface area contributed by atoms with E-state index in [1.807, 2.05) is 6.92 Å². The number of hydrogen-bond acceptors (Lipinski definition) is 6. The van der Waals surface area contributed by atoms with Crippen LogP contribution < -0.4 is 15.4 Å². The van der Waals surface area contributed by atoms with Gasteiger partial charge in [0.05, 0.1) is 18.4 Å². The Hall–Kier alpha value is -2.65. The highest BCUT2D eigenvalue weighted by molar-refractivity contribution is 5.93. The third-order valence-corrected chi connectivity index (χ3v) is 4.52. The number of nitrogens with zero attached hydrogens (tertiary/aromatic N) is 3. The number of ether oxygens (including phenoxy) is 1. The Balaban J connectivity index is 1.59. The first-order chi connectivity index (χ1) is 13.2. The van der Waals surface area contributed by atoms with E-state index in [1.54, 1.807) is 0 Å². The van der Waals surface area contributed by atoms with E-state index in [1.165, 1.54) is 18.5 Å². The van der Waals surface area contributed by atoms with E-state index in [0.29, 0.717) is 0 Å². The molecule has 0 unspecified atom stereocenters. The lowest BCUT2D eigenvalue weighted by Gasteiger charge is -2.41. The molecule has 1 saturated heterocycles. The summed E-state index contributed by atoms with van der Waals surface area (Å²) in [6.45, 7) is 8.38. The second kappa shape index (κ2) is 8.15. The number of benzene rings is 1. The minimum Gasteiger partial charge on any atom is -0.434 e. The van der Waals surface area contributed by atoms with Crippen molar-refractivity contribution in [2.45, 2.75) is 32.4 Å². The molecule has 1 aromatic heterocycles. The largest absolute Gasteiger partial charge is 0.434 e. The van der Waals surface area contributed by atoms with Crippen LogP contribution in [0, 0.1) is 11.6 Å². The van der Waals surface area contributed by atoms with Gasteiger partial charge in [0.2, 0.25) is 11.8 Å². The van der Waals surface area contributed by atoms with E-state index in [0.717, 1.165) is 31.8 Å². The summed E-state index contributed by atoms with van der Waals surface area (Å²) in [5, 5.41) is 6.13. The lowest BCUT2D eigenvalue weighted by atomic mass is 10.0. The third-order valence-electron chi connectivity index (χ3n) is 4.52. The van der Waals surface area contributed by atoms with Gasteiger partial charge < -0.3 is 15.4 Å². The minimum atomic E-state index is -0.841. The fraction of sp³-hybridized carbons (Fsp3) is 0.421. The van der Waals surface area contributed by atoms with Crippen molar-refractivity contribution in [3.05, 3.63) is 42.2 Å². The molecule has 1 aliphatic rings. The van der Waals surface area contributed by atoms with Crippen LogP contribution in [0.4, 0.5) is 14.6 Å². The third kappa shape index (κ3) is 4.99. The summed E-state index contributed by atoms with van der Waals surface area (Å²) in [7, 11) is 0. The molecule has 0 bridgehead atoms. The predicted octanol–water partition coefficient (Wildman–Crippen LogP) is 2.56. The van der Waals surface area contributed by atoms with Crippen LogP contribution in [0.5, 0.6) is 11.6 Å². The summed E-state index contributed by atoms with van der Waals surface area (Å²) >= 11 is 0. The summed E-state index contributed by atoms with van der Waals surface area (Å²) in [5.41, 5.74) is -0.0544. The quantitative estimate of drug-likeness (QED) is 0.816. The van der Waals surface area contributed by atoms with Crippen molar-refractivity contribution >= 4 is 11.7 Å². The van der Waals surface area contributed by atoms with Crippen molar-refractivity contribution in [1.29, 1.82) is 0 Å². The lowest BCUT2D eigenvalue weighted by Crippen LogP contribution is -2.60. The second-order valence-electron chi connectivity index (χ2n) is 7.36. The number of anilines is 1. The Bertz CT molecular complexity index is 845. The van der Waals surface area contributed by atoms with E-state index in [9.17, 15) is 13.6 Å². The van der Waals surface area contributed by atoms with E-state index < -0.39 is 11.6 Å². The van der Waals surface area contributed by atoms with Crippen LogP contribution in [0.25, 0.3) is 0 Å². The smallest absolute Gasteiger partial charge is 0.242 e. The number of halogens is 2. The predicted molar refractivity (Wildman–Crippen MR) is 100 cm³/mol. The molecule has 1 atom stereocenters. The molecular formula is C19H23F2N5O2. The Morgan fingerprint density at radius 3 is 2.75 bits per heavy atom. The first-order valence-corrected chi connectivity index (χ1v) is 8.98. The average molecular weight is 391 g/mol. The monoisotopic (exact) mass is 391 g/mol. The average Bonchev–Trinajstić information content (AvgIpc) is 2.64. The van der Waals surface area contributed by atoms with Crippen LogP contribution in [0.2, 0.25) is 0 Å². The van der Waals surface area contributed by atoms with Crippen LogP contribution in [0.15, 0.2) is 30.6 Å². The number of piperazine rings is 1. The van der Waals surface area contributed by atoms with Crippen molar-refractivity contribution in [3.63, 3.8) is 0 Å². The number of amides is 1. The molecule has 0 aliphatic carbocycles. The molecule has 2 N–H and O–H groups in total. The molecule has 7 nitrogen and oxygen atoms in total. The Morgan fingerprint density at radius 1 is 1.32 bits per heavy atom. The molecule has 0 radical (unpaired) electrons. The van der Waals surface area contributed by atoms with Crippen molar-refractivity contribution in [1.82, 2.24) is 20.2 Å². The molecule has 1 fully saturated rings. The Morgan fingerprint density at radius 2 is 2.11 bits per heavy atom. The zero-order valence-electron chi connectivity index (χ0n) is 16.0. The van der Waals surface area contributed by atoms with Gasteiger partial charge in [0.1, 0.15) is 5.82 Å². The highest BCUT2D eigenvalue weighted by atomic mass is 19.1. The standard InChI is InChI=1S/C19H23F2N5O2/c1-12(26-7-6-24-19(2,3)11-26)18(27)25-16-9-23-17(10-22-16)28-15-5-4-13(20)8-14(15)21/h4-5,8-10,12,24H,6-7,11H2,1-3H3,(H,22,25,27)/t12-/m0/s1. The van der Waals surface area contributed by atoms with Crippen LogP contribution in [0.3, 0.4) is 0 Å². The van der Waals surface area contributed by atoms with Gasteiger partial charge in [-0.2, -0.15) is 0 Å². The van der Waals surface area contributed by atoms with E-state index in [4.69, 9.17) is 4.74 Å². The van der Waals surface area contributed by atoms with Gasteiger partial charge in [-0.05, 0) is 32.9 Å². The van der Waals surface area contributed by atoms with E-state index in [2.05, 4.69) is 39.3 Å². The minimum absolute atomic E-state index is 0.0282. The van der Waals surface area contributed by atoms with E-state index in [-0.39, 0.29) is 34.9 Å². The molecule has 1 aliphatic heterocycles. The topological polar surface area (TPSA) is 79.4 Å². The zero-order valence-corrected chi connectivity index (χ0v) is 16.0. The number of nitrogens with one attached hydrogen (secondary N) is 2. The van der Waals surface area contributed by atoms with Gasteiger partial charge >= 0.3 is 0 Å². The van der Waals surface area contributed by atoms with Gasteiger partial charge in [-0.15, -0.1) is 0 Å². The summed E-state index contributed by atoms with van der Waals surface area (Å²) in [6.07, 6.45) is 2.58. The summed E-state index contributed by atoms with van der Waals surface area (Å²) in [6, 6.07) is 2.64. The Kier molecular flexibility index (Phi) is 5.85. The molecule has 2 heterocycles. The van der Waals surface area contributed by atoms with Crippen LogP contribution in [-0.2, 0) is 4.79 Å². The normalized spacial score (nSPS) is 17.8. The molecular weight excluding hydrogens is 368 g/mol. The van der Waals surface area contributed by atoms with Crippen molar-refractivity contribution < 1.29 is 18.3 Å². The number of aromatic nitrogens is 2. The SMILES string of the molecule is C[C@@H](C(=O)Nc1cnc(Oc2ccc(F)cc2F)cn1)N1CCNC(C)(C)C1. The van der Waals surface area contributed by atoms with Gasteiger partial charge in [-0.25, -0.2) is 18.7 Å². The van der Waals surface area contributed by atoms with Gasteiger partial charge in [0.25, 0.3) is 0 Å². The molecule has 0 spiro atoms. The maximum absolute atomic E-state index is 13.6. The fourth-order valence-electron chi connectivity index (χ4n) is 3.01. The molecule has 150 valence electrons. The summed E-state index contributed by atoms with van der Waals surface area (Å²) in [4.78, 5) is 22.7. The van der Waals surface area contributed by atoms with Crippen LogP contribution in [0.1, 0.15) is 20.8 Å². The second-order valence-corrected chi connectivity index (χ2v) is 7.36. The maximum atomic E-state index is 13.6. The van der Waals surface area contributed by atoms with Crippen molar-refractivity contribution in [2.75, 3.05) is 25.0 Å². The molecule has 1 aromatic carbocycles. The number of carbonyl (C=O) groups is 1. The van der Waals surface area contributed by atoms with Crippen LogP contribution >= 0.6 is 0 Å². The number of carbonyl (C=O) groups excluding carboxylic acids is 1. The van der Waals surface area contributed by atoms with Crippen LogP contribution in [-0.4, -0.2) is 52.0 Å². The molecule has 3 rings (SSSR count). The molecule has 2 aromatic rings. The fourth-order valence-corrected chi connectivity index (χ4v) is 3.01. The van der Waals surface area contributed by atoms with Gasteiger partial charge in [0.15, 0.2) is 17.4 Å². The Labute approximate surface area is 162 Å². The number of rotatable bonds is 5. The van der Waals surface area contributed by atoms with Crippen molar-refractivity contribution in [3.8, 4) is 11.6 Å². The summed E-state index contributed by atoms with van der Waals surface area (Å²) in [5.74, 6) is -1.60. The van der Waals surface area contributed by atoms with Gasteiger partial charge in [0, 0.05) is 31.2 Å². The highest BCUT2D eigenvalue weighted by Gasteiger charge is 2.31. The first kappa shape index (κ1) is 20.1. The first-order valence-electron chi connectivity index (χ1n) is 8.98. The molecule has 1 amide bonds. The van der Waals surface area contributed by atoms with Crippen molar-refractivity contribution in [2.24, 2.45) is 0 Å². The zero-order chi connectivity index (χ0) is 20.3. The molecule has 28 heavy (non-hydrogen) atoms.